The Balaban J connectivity index is 1.66. The average Bonchev–Trinajstić information content (AvgIpc) is 2.87. The highest BCUT2D eigenvalue weighted by atomic mass is 16.7. The van der Waals surface area contributed by atoms with Crippen molar-refractivity contribution in [1.82, 2.24) is 16.2 Å². The van der Waals surface area contributed by atoms with E-state index >= 15 is 0 Å². The van der Waals surface area contributed by atoms with Gasteiger partial charge in [-0.3, -0.25) is 10.2 Å². The molecule has 1 fully saturated rings. The number of nitrogens with one attached hydrogen (secondary N) is 3. The van der Waals surface area contributed by atoms with Crippen LogP contribution >= 0.6 is 0 Å². The molecule has 1 aromatic heterocycles. The van der Waals surface area contributed by atoms with E-state index in [4.69, 9.17) is 18.6 Å². The summed E-state index contributed by atoms with van der Waals surface area (Å²) in [5.41, 5.74) is 4.48. The number of aliphatic carboxylic acids is 1. The molecule has 15 nitrogen and oxygen atoms in total. The first kappa shape index (κ1) is 29.8. The Bertz CT molecular complexity index is 1230. The molecule has 15 heteroatoms. The molecule has 1 aliphatic rings. The molecule has 2 aromatic rings. The minimum atomic E-state index is -1.88. The third-order valence-electron chi connectivity index (χ3n) is 5.72. The van der Waals surface area contributed by atoms with E-state index in [1.807, 2.05) is 6.92 Å². The van der Waals surface area contributed by atoms with Gasteiger partial charge in [0.25, 0.3) is 0 Å². The summed E-state index contributed by atoms with van der Waals surface area (Å²) < 4.78 is 20.7. The Morgan fingerprint density at radius 2 is 1.85 bits per heavy atom. The van der Waals surface area contributed by atoms with Gasteiger partial charge in [-0.2, -0.15) is 0 Å². The van der Waals surface area contributed by atoms with Gasteiger partial charge >= 0.3 is 17.7 Å². The zero-order valence-electron chi connectivity index (χ0n) is 21.2. The zero-order valence-corrected chi connectivity index (χ0v) is 21.2. The number of carbonyl (C=O) groups is 3. The number of amides is 2. The largest absolute Gasteiger partial charge is 0.479 e. The lowest BCUT2D eigenvalue weighted by Gasteiger charge is -2.38. The van der Waals surface area contributed by atoms with E-state index in [9.17, 15) is 39.6 Å². The van der Waals surface area contributed by atoms with E-state index in [-0.39, 0.29) is 24.4 Å². The van der Waals surface area contributed by atoms with Crippen molar-refractivity contribution >= 4 is 28.9 Å². The number of benzene rings is 1. The summed E-state index contributed by atoms with van der Waals surface area (Å²) in [6.45, 7) is 3.80. The van der Waals surface area contributed by atoms with Crippen LogP contribution in [0.2, 0.25) is 0 Å². The number of ether oxygens (including phenoxy) is 3. The SMILES string of the molecule is CCCCOC(=O)NNC(C)NC(=O)Cc1cc(=O)oc2cc(OC3OC(C(=O)O)C(O)C(O)C3O)ccc12. The maximum atomic E-state index is 12.6. The second kappa shape index (κ2) is 13.3. The molecule has 1 aliphatic heterocycles. The van der Waals surface area contributed by atoms with Crippen LogP contribution in [0.15, 0.2) is 33.5 Å². The molecule has 214 valence electrons. The van der Waals surface area contributed by atoms with Crippen molar-refractivity contribution in [1.29, 1.82) is 0 Å². The van der Waals surface area contributed by atoms with Crippen LogP contribution in [0, 0.1) is 0 Å². The average molecular weight is 554 g/mol. The highest BCUT2D eigenvalue weighted by molar-refractivity contribution is 5.87. The third kappa shape index (κ3) is 7.87. The molecule has 7 N–H and O–H groups in total. The summed E-state index contributed by atoms with van der Waals surface area (Å²) in [6, 6.07) is 5.28. The van der Waals surface area contributed by atoms with E-state index in [1.54, 1.807) is 6.92 Å². The monoisotopic (exact) mass is 553 g/mol. The van der Waals surface area contributed by atoms with Crippen LogP contribution in [0.1, 0.15) is 32.3 Å². The lowest BCUT2D eigenvalue weighted by atomic mass is 9.99. The number of carbonyl (C=O) groups excluding carboxylic acids is 2. The number of hydrogen-bond acceptors (Lipinski definition) is 12. The Hall–Kier alpha value is -3.76. The molecule has 6 unspecified atom stereocenters. The highest BCUT2D eigenvalue weighted by Crippen LogP contribution is 2.28. The summed E-state index contributed by atoms with van der Waals surface area (Å²) in [4.78, 5) is 47.6. The molecule has 1 saturated heterocycles. The van der Waals surface area contributed by atoms with Crippen LogP contribution in [-0.2, 0) is 25.5 Å². The van der Waals surface area contributed by atoms with Crippen LogP contribution < -0.4 is 26.5 Å². The Labute approximate surface area is 221 Å². The quantitative estimate of drug-likeness (QED) is 0.0776. The second-order valence-electron chi connectivity index (χ2n) is 8.83. The van der Waals surface area contributed by atoms with Crippen LogP contribution in [0.5, 0.6) is 5.75 Å². The number of carboxylic acid groups (broad SMARTS) is 1. The molecule has 0 aliphatic carbocycles. The van der Waals surface area contributed by atoms with Crippen molar-refractivity contribution in [2.45, 2.75) is 70.0 Å². The standard InChI is InChI=1S/C24H31N3O12/c1-3-4-7-36-24(35)27-26-11(2)25-16(28)8-12-9-17(29)38-15-10-13(5-6-14(12)15)37-23-20(32)18(30)19(31)21(39-23)22(33)34/h5-6,9-11,18-21,23,26,30-32H,3-4,7-8H2,1-2H3,(H,25,28)(H,27,35)(H,33,34). The van der Waals surface area contributed by atoms with Gasteiger partial charge in [-0.1, -0.05) is 13.3 Å². The first-order chi connectivity index (χ1) is 18.5. The first-order valence-corrected chi connectivity index (χ1v) is 12.1. The second-order valence-corrected chi connectivity index (χ2v) is 8.83. The van der Waals surface area contributed by atoms with Crippen molar-refractivity contribution in [3.05, 3.63) is 40.2 Å². The zero-order chi connectivity index (χ0) is 28.7. The molecule has 0 bridgehead atoms. The highest BCUT2D eigenvalue weighted by Gasteiger charge is 2.48. The van der Waals surface area contributed by atoms with Gasteiger partial charge in [-0.25, -0.2) is 19.8 Å². The van der Waals surface area contributed by atoms with Gasteiger partial charge in [0.1, 0.15) is 29.6 Å². The van der Waals surface area contributed by atoms with Crippen molar-refractivity contribution in [3.8, 4) is 5.75 Å². The normalized spacial score (nSPS) is 23.6. The summed E-state index contributed by atoms with van der Waals surface area (Å²) in [5.74, 6) is -2.06. The van der Waals surface area contributed by atoms with Crippen molar-refractivity contribution in [2.75, 3.05) is 6.61 Å². The minimum absolute atomic E-state index is 0.0150. The fourth-order valence-corrected chi connectivity index (χ4v) is 3.73. The molecule has 1 aromatic carbocycles. The first-order valence-electron chi connectivity index (χ1n) is 12.1. The summed E-state index contributed by atoms with van der Waals surface area (Å²) >= 11 is 0. The molecule has 2 amide bonds. The molecule has 6 atom stereocenters. The Kier molecular flexibility index (Phi) is 10.2. The predicted molar refractivity (Wildman–Crippen MR) is 131 cm³/mol. The van der Waals surface area contributed by atoms with Crippen LogP contribution in [0.25, 0.3) is 11.0 Å². The van der Waals surface area contributed by atoms with Gasteiger partial charge in [0, 0.05) is 17.5 Å². The summed E-state index contributed by atoms with van der Waals surface area (Å²) in [7, 11) is 0. The number of aliphatic hydroxyl groups is 3. The summed E-state index contributed by atoms with van der Waals surface area (Å²) in [6.07, 6.45) is -9.01. The molecule has 39 heavy (non-hydrogen) atoms. The van der Waals surface area contributed by atoms with Crippen LogP contribution in [-0.4, -0.2) is 81.9 Å². The fourth-order valence-electron chi connectivity index (χ4n) is 3.73. The van der Waals surface area contributed by atoms with E-state index in [0.717, 1.165) is 18.9 Å². The number of fused-ring (bicyclic) bond motifs is 1. The maximum absolute atomic E-state index is 12.6. The number of hydrogen-bond donors (Lipinski definition) is 7. The van der Waals surface area contributed by atoms with Crippen LogP contribution in [0.3, 0.4) is 0 Å². The lowest BCUT2D eigenvalue weighted by molar-refractivity contribution is -0.271. The number of rotatable bonds is 11. The molecule has 2 heterocycles. The minimum Gasteiger partial charge on any atom is -0.479 e. The van der Waals surface area contributed by atoms with Gasteiger partial charge < -0.3 is 44.4 Å². The topological polar surface area (TPSA) is 226 Å². The maximum Gasteiger partial charge on any atom is 0.421 e. The molecule has 0 saturated carbocycles. The van der Waals surface area contributed by atoms with Crippen LogP contribution in [0.4, 0.5) is 4.79 Å². The van der Waals surface area contributed by atoms with E-state index in [2.05, 4.69) is 16.2 Å². The molecular weight excluding hydrogens is 522 g/mol. The lowest BCUT2D eigenvalue weighted by Crippen LogP contribution is -2.61. The third-order valence-corrected chi connectivity index (χ3v) is 5.72. The fraction of sp³-hybridized carbons (Fsp3) is 0.500. The van der Waals surface area contributed by atoms with Crippen molar-refractivity contribution in [3.63, 3.8) is 0 Å². The van der Waals surface area contributed by atoms with E-state index in [0.29, 0.717) is 10.9 Å². The Morgan fingerprint density at radius 3 is 2.54 bits per heavy atom. The van der Waals surface area contributed by atoms with Crippen molar-refractivity contribution < 1.29 is 53.4 Å². The van der Waals surface area contributed by atoms with Gasteiger partial charge in [0.05, 0.1) is 19.2 Å². The van der Waals surface area contributed by atoms with E-state index < -0.39 is 60.5 Å². The molecule has 3 rings (SSSR count). The molecule has 0 radical (unpaired) electrons. The summed E-state index contributed by atoms with van der Waals surface area (Å²) in [5, 5.41) is 42.1. The molecular formula is C24H31N3O12. The number of unbranched alkanes of at least 4 members (excludes halogenated alkanes) is 1. The number of hydrazine groups is 1. The number of carboxylic acids is 1. The van der Waals surface area contributed by atoms with Gasteiger partial charge in [0.15, 0.2) is 6.10 Å². The van der Waals surface area contributed by atoms with Gasteiger partial charge in [-0.05, 0) is 31.0 Å². The van der Waals surface area contributed by atoms with Crippen molar-refractivity contribution in [2.24, 2.45) is 0 Å². The molecule has 0 spiro atoms. The van der Waals surface area contributed by atoms with E-state index in [1.165, 1.54) is 18.2 Å². The predicted octanol–water partition coefficient (Wildman–Crippen LogP) is -0.900. The number of aliphatic hydroxyl groups excluding tert-OH is 3. The van der Waals surface area contributed by atoms with Gasteiger partial charge in [-0.15, -0.1) is 0 Å². The van der Waals surface area contributed by atoms with Gasteiger partial charge in [0.2, 0.25) is 12.2 Å². The Morgan fingerprint density at radius 1 is 1.10 bits per heavy atom. The smallest absolute Gasteiger partial charge is 0.421 e.